The van der Waals surface area contributed by atoms with Crippen LogP contribution in [-0.2, 0) is 15.8 Å². The number of ether oxygens (including phenoxy) is 1. The van der Waals surface area contributed by atoms with Crippen LogP contribution in [0.1, 0.15) is 22.5 Å². The van der Waals surface area contributed by atoms with Crippen molar-refractivity contribution < 1.29 is 27.5 Å². The number of halogens is 3. The third kappa shape index (κ3) is 5.26. The standard InChI is InChI=1S/C30H22F3N3O3S/c1-18-15-20(19(2)35(18)23-8-6-7-21(17-23)30(31,32)33)16-26-27(37)34-29(40)36(28(26)38)22-11-13-25(14-12-22)39-24-9-4-3-5-10-24/h3-17H,1-2H3,(H,34,37,40)/b26-16+. The Labute approximate surface area is 233 Å². The highest BCUT2D eigenvalue weighted by Gasteiger charge is 2.35. The van der Waals surface area contributed by atoms with Crippen molar-refractivity contribution in [2.24, 2.45) is 0 Å². The molecule has 6 nitrogen and oxygen atoms in total. The first kappa shape index (κ1) is 26.9. The minimum Gasteiger partial charge on any atom is -0.457 e. The second-order valence-corrected chi connectivity index (χ2v) is 9.46. The van der Waals surface area contributed by atoms with E-state index in [9.17, 15) is 22.8 Å². The van der Waals surface area contributed by atoms with Gasteiger partial charge in [-0.15, -0.1) is 0 Å². The lowest BCUT2D eigenvalue weighted by Crippen LogP contribution is -2.54. The van der Waals surface area contributed by atoms with Crippen LogP contribution < -0.4 is 15.0 Å². The minimum atomic E-state index is -4.49. The summed E-state index contributed by atoms with van der Waals surface area (Å²) >= 11 is 5.29. The smallest absolute Gasteiger partial charge is 0.416 e. The zero-order valence-corrected chi connectivity index (χ0v) is 22.1. The SMILES string of the molecule is Cc1cc(/C=C2\C(=O)NC(=S)N(c3ccc(Oc4ccccc4)cc3)C2=O)c(C)n1-c1cccc(C(F)(F)F)c1. The summed E-state index contributed by atoms with van der Waals surface area (Å²) in [4.78, 5) is 27.5. The number of amides is 2. The van der Waals surface area contributed by atoms with E-state index < -0.39 is 23.6 Å². The molecule has 0 bridgehead atoms. The molecule has 5 rings (SSSR count). The van der Waals surface area contributed by atoms with E-state index >= 15 is 0 Å². The Hall–Kier alpha value is -4.70. The number of carbonyl (C=O) groups is 2. The summed E-state index contributed by atoms with van der Waals surface area (Å²) < 4.78 is 47.3. The van der Waals surface area contributed by atoms with Crippen LogP contribution in [0.2, 0.25) is 0 Å². The second-order valence-electron chi connectivity index (χ2n) is 9.08. The van der Waals surface area contributed by atoms with Crippen LogP contribution in [0.15, 0.2) is 90.5 Å². The number of carbonyl (C=O) groups excluding carboxylic acids is 2. The van der Waals surface area contributed by atoms with Gasteiger partial charge in [-0.05, 0) is 98.4 Å². The number of rotatable bonds is 5. The third-order valence-electron chi connectivity index (χ3n) is 6.38. The fourth-order valence-corrected chi connectivity index (χ4v) is 4.77. The van der Waals surface area contributed by atoms with Crippen molar-refractivity contribution in [3.63, 3.8) is 0 Å². The first-order valence-corrected chi connectivity index (χ1v) is 12.5. The minimum absolute atomic E-state index is 0.0710. The maximum absolute atomic E-state index is 13.5. The van der Waals surface area contributed by atoms with E-state index in [2.05, 4.69) is 5.32 Å². The summed E-state index contributed by atoms with van der Waals surface area (Å²) in [5.74, 6) is -0.0966. The summed E-state index contributed by atoms with van der Waals surface area (Å²) in [6.45, 7) is 3.44. The summed E-state index contributed by atoms with van der Waals surface area (Å²) in [7, 11) is 0. The molecule has 0 atom stereocenters. The quantitative estimate of drug-likeness (QED) is 0.167. The molecular weight excluding hydrogens is 539 g/mol. The lowest BCUT2D eigenvalue weighted by molar-refractivity contribution is -0.137. The molecule has 1 aromatic heterocycles. The Kier molecular flexibility index (Phi) is 7.03. The summed E-state index contributed by atoms with van der Waals surface area (Å²) in [5.41, 5.74) is 1.50. The zero-order chi connectivity index (χ0) is 28.6. The molecular formula is C30H22F3N3O3S. The van der Waals surface area contributed by atoms with Crippen molar-refractivity contribution in [3.8, 4) is 17.2 Å². The van der Waals surface area contributed by atoms with Crippen LogP contribution in [0.25, 0.3) is 11.8 Å². The van der Waals surface area contributed by atoms with Gasteiger partial charge in [0.05, 0.1) is 11.3 Å². The Morgan fingerprint density at radius 1 is 0.850 bits per heavy atom. The molecule has 2 amide bonds. The molecule has 40 heavy (non-hydrogen) atoms. The number of para-hydroxylation sites is 1. The van der Waals surface area contributed by atoms with Crippen molar-refractivity contribution >= 4 is 40.9 Å². The highest BCUT2D eigenvalue weighted by atomic mass is 32.1. The van der Waals surface area contributed by atoms with Gasteiger partial charge in [-0.2, -0.15) is 13.2 Å². The van der Waals surface area contributed by atoms with Gasteiger partial charge in [0.1, 0.15) is 17.1 Å². The highest BCUT2D eigenvalue weighted by Crippen LogP contribution is 2.32. The van der Waals surface area contributed by atoms with Crippen LogP contribution in [0.4, 0.5) is 18.9 Å². The number of aromatic nitrogens is 1. The van der Waals surface area contributed by atoms with E-state index in [1.165, 1.54) is 17.0 Å². The van der Waals surface area contributed by atoms with Gasteiger partial charge < -0.3 is 9.30 Å². The Balaban J connectivity index is 1.45. The number of aryl methyl sites for hydroxylation is 1. The molecule has 2 heterocycles. The monoisotopic (exact) mass is 561 g/mol. The van der Waals surface area contributed by atoms with Crippen LogP contribution in [0.5, 0.6) is 11.5 Å². The largest absolute Gasteiger partial charge is 0.457 e. The summed E-state index contributed by atoms with van der Waals surface area (Å²) in [6, 6.07) is 22.5. The molecule has 0 spiro atoms. The number of anilines is 1. The average Bonchev–Trinajstić information content (AvgIpc) is 3.20. The average molecular weight is 562 g/mol. The third-order valence-corrected chi connectivity index (χ3v) is 6.66. The molecule has 1 N–H and O–H groups in total. The maximum atomic E-state index is 13.5. The van der Waals surface area contributed by atoms with Crippen LogP contribution in [-0.4, -0.2) is 21.5 Å². The number of nitrogens with zero attached hydrogens (tertiary/aromatic N) is 2. The molecule has 4 aromatic rings. The van der Waals surface area contributed by atoms with E-state index in [1.54, 1.807) is 54.8 Å². The lowest BCUT2D eigenvalue weighted by Gasteiger charge is -2.29. The normalized spacial score (nSPS) is 15.0. The van der Waals surface area contributed by atoms with Crippen molar-refractivity contribution in [2.75, 3.05) is 4.90 Å². The molecule has 1 fully saturated rings. The summed E-state index contributed by atoms with van der Waals surface area (Å²) in [6.07, 6.45) is -3.07. The van der Waals surface area contributed by atoms with Crippen LogP contribution in [0, 0.1) is 13.8 Å². The first-order valence-electron chi connectivity index (χ1n) is 12.1. The van der Waals surface area contributed by atoms with Crippen molar-refractivity contribution in [1.29, 1.82) is 0 Å². The van der Waals surface area contributed by atoms with Gasteiger partial charge in [0, 0.05) is 17.1 Å². The number of nitrogens with one attached hydrogen (secondary N) is 1. The molecule has 3 aromatic carbocycles. The maximum Gasteiger partial charge on any atom is 0.416 e. The van der Waals surface area contributed by atoms with Crippen LogP contribution >= 0.6 is 12.2 Å². The van der Waals surface area contributed by atoms with Gasteiger partial charge in [-0.1, -0.05) is 24.3 Å². The van der Waals surface area contributed by atoms with Gasteiger partial charge in [0.15, 0.2) is 5.11 Å². The predicted octanol–water partition coefficient (Wildman–Crippen LogP) is 6.74. The van der Waals surface area contributed by atoms with Crippen molar-refractivity contribution in [2.45, 2.75) is 20.0 Å². The van der Waals surface area contributed by atoms with E-state index in [0.717, 1.165) is 12.1 Å². The first-order chi connectivity index (χ1) is 19.0. The molecule has 1 aliphatic rings. The zero-order valence-electron chi connectivity index (χ0n) is 21.3. The number of alkyl halides is 3. The van der Waals surface area contributed by atoms with Gasteiger partial charge in [0.2, 0.25) is 0 Å². The number of hydrogen-bond acceptors (Lipinski definition) is 4. The number of thiocarbonyl (C=S) groups is 1. The fraction of sp³-hybridized carbons (Fsp3) is 0.100. The second kappa shape index (κ2) is 10.5. The highest BCUT2D eigenvalue weighted by molar-refractivity contribution is 7.80. The molecule has 0 saturated carbocycles. The van der Waals surface area contributed by atoms with Gasteiger partial charge in [-0.25, -0.2) is 0 Å². The molecule has 202 valence electrons. The Bertz CT molecular complexity index is 1660. The van der Waals surface area contributed by atoms with E-state index in [0.29, 0.717) is 39.8 Å². The Morgan fingerprint density at radius 3 is 2.20 bits per heavy atom. The van der Waals surface area contributed by atoms with E-state index in [4.69, 9.17) is 17.0 Å². The summed E-state index contributed by atoms with van der Waals surface area (Å²) in [5, 5.41) is 2.47. The molecule has 0 unspecified atom stereocenters. The molecule has 1 saturated heterocycles. The fourth-order valence-electron chi connectivity index (χ4n) is 4.49. The molecule has 10 heteroatoms. The van der Waals surface area contributed by atoms with E-state index in [1.807, 2.05) is 30.3 Å². The van der Waals surface area contributed by atoms with Gasteiger partial charge >= 0.3 is 6.18 Å². The Morgan fingerprint density at radius 2 is 1.52 bits per heavy atom. The lowest BCUT2D eigenvalue weighted by atomic mass is 10.1. The number of hydrogen-bond donors (Lipinski definition) is 1. The molecule has 1 aliphatic heterocycles. The molecule has 0 radical (unpaired) electrons. The van der Waals surface area contributed by atoms with Crippen LogP contribution in [0.3, 0.4) is 0 Å². The number of benzene rings is 3. The predicted molar refractivity (Wildman–Crippen MR) is 149 cm³/mol. The topological polar surface area (TPSA) is 63.6 Å². The van der Waals surface area contributed by atoms with Crippen molar-refractivity contribution in [3.05, 3.63) is 113 Å². The van der Waals surface area contributed by atoms with Gasteiger partial charge in [0.25, 0.3) is 11.8 Å². The molecule has 0 aliphatic carbocycles. The van der Waals surface area contributed by atoms with E-state index in [-0.39, 0.29) is 10.7 Å². The van der Waals surface area contributed by atoms with Crippen molar-refractivity contribution in [1.82, 2.24) is 9.88 Å². The van der Waals surface area contributed by atoms with Gasteiger partial charge in [-0.3, -0.25) is 19.8 Å².